The molecule has 0 N–H and O–H groups in total. The van der Waals surface area contributed by atoms with Crippen LogP contribution in [0.4, 0.5) is 0 Å². The van der Waals surface area contributed by atoms with Crippen LogP contribution in [0.2, 0.25) is 5.02 Å². The summed E-state index contributed by atoms with van der Waals surface area (Å²) in [6, 6.07) is 14.2. The van der Waals surface area contributed by atoms with Gasteiger partial charge in [-0.1, -0.05) is 47.9 Å². The van der Waals surface area contributed by atoms with Gasteiger partial charge in [0.15, 0.2) is 0 Å². The van der Waals surface area contributed by atoms with E-state index in [1.54, 1.807) is 24.3 Å². The molecule has 0 radical (unpaired) electrons. The lowest BCUT2D eigenvalue weighted by Gasteiger charge is -2.35. The van der Waals surface area contributed by atoms with Crippen LogP contribution in [0.25, 0.3) is 11.4 Å². The molecule has 3 aromatic rings. The molecule has 1 aliphatic rings. The van der Waals surface area contributed by atoms with Crippen molar-refractivity contribution in [3.05, 3.63) is 65.0 Å². The van der Waals surface area contributed by atoms with Gasteiger partial charge < -0.3 is 4.52 Å². The zero-order chi connectivity index (χ0) is 19.0. The van der Waals surface area contributed by atoms with Crippen molar-refractivity contribution in [1.29, 1.82) is 0 Å². The van der Waals surface area contributed by atoms with Crippen molar-refractivity contribution in [1.82, 2.24) is 14.4 Å². The van der Waals surface area contributed by atoms with Gasteiger partial charge in [0.05, 0.1) is 10.8 Å². The van der Waals surface area contributed by atoms with Crippen LogP contribution in [-0.2, 0) is 16.4 Å². The molecule has 6 nitrogen and oxygen atoms in total. The highest BCUT2D eigenvalue weighted by molar-refractivity contribution is 7.89. The molecule has 140 valence electrons. The minimum atomic E-state index is -3.49. The Morgan fingerprint density at radius 2 is 1.93 bits per heavy atom. The summed E-state index contributed by atoms with van der Waals surface area (Å²) in [5.41, 5.74) is 1.87. The molecule has 2 aromatic carbocycles. The Morgan fingerprint density at radius 3 is 2.59 bits per heavy atom. The maximum atomic E-state index is 12.7. The monoisotopic (exact) mass is 403 g/mol. The van der Waals surface area contributed by atoms with Gasteiger partial charge in [0.25, 0.3) is 0 Å². The number of benzene rings is 2. The van der Waals surface area contributed by atoms with E-state index in [0.717, 1.165) is 17.5 Å². The molecule has 2 heterocycles. The molecule has 4 rings (SSSR count). The first-order valence-electron chi connectivity index (χ1n) is 8.66. The van der Waals surface area contributed by atoms with Crippen LogP contribution in [0.15, 0.2) is 57.9 Å². The number of aromatic nitrogens is 2. The molecule has 0 atom stereocenters. The SMILES string of the molecule is CCc1ccc(S(=O)(=O)N2CC(c3nc(-c4cccc(Cl)c4)no3)C2)cc1. The van der Waals surface area contributed by atoms with Crippen LogP contribution in [0.1, 0.15) is 24.3 Å². The topological polar surface area (TPSA) is 76.3 Å². The number of nitrogens with zero attached hydrogens (tertiary/aromatic N) is 3. The van der Waals surface area contributed by atoms with Crippen LogP contribution in [0.5, 0.6) is 0 Å². The number of rotatable bonds is 5. The molecule has 0 unspecified atom stereocenters. The summed E-state index contributed by atoms with van der Waals surface area (Å²) in [5.74, 6) is 0.789. The van der Waals surface area contributed by atoms with E-state index in [9.17, 15) is 8.42 Å². The van der Waals surface area contributed by atoms with E-state index in [0.29, 0.717) is 34.7 Å². The van der Waals surface area contributed by atoms with Crippen LogP contribution < -0.4 is 0 Å². The predicted octanol–water partition coefficient (Wildman–Crippen LogP) is 3.74. The summed E-state index contributed by atoms with van der Waals surface area (Å²) in [6.45, 7) is 2.69. The fraction of sp³-hybridized carbons (Fsp3) is 0.263. The van der Waals surface area contributed by atoms with Crippen LogP contribution >= 0.6 is 11.6 Å². The highest BCUT2D eigenvalue weighted by Gasteiger charge is 2.40. The molecule has 0 spiro atoms. The zero-order valence-corrected chi connectivity index (χ0v) is 16.2. The summed E-state index contributed by atoms with van der Waals surface area (Å²) in [5, 5.41) is 4.57. The van der Waals surface area contributed by atoms with E-state index in [2.05, 4.69) is 10.1 Å². The van der Waals surface area contributed by atoms with Gasteiger partial charge in [0.1, 0.15) is 0 Å². The molecule has 1 saturated heterocycles. The van der Waals surface area contributed by atoms with Crippen molar-refractivity contribution in [2.75, 3.05) is 13.1 Å². The summed E-state index contributed by atoms with van der Waals surface area (Å²) < 4.78 is 32.2. The van der Waals surface area contributed by atoms with Gasteiger partial charge in [-0.25, -0.2) is 8.42 Å². The normalized spacial score (nSPS) is 15.6. The Hall–Kier alpha value is -2.22. The molecule has 27 heavy (non-hydrogen) atoms. The van der Waals surface area contributed by atoms with Gasteiger partial charge in [-0.2, -0.15) is 9.29 Å². The molecule has 1 aliphatic heterocycles. The summed E-state index contributed by atoms with van der Waals surface area (Å²) >= 11 is 5.99. The lowest BCUT2D eigenvalue weighted by molar-refractivity contribution is 0.217. The summed E-state index contributed by atoms with van der Waals surface area (Å²) in [4.78, 5) is 4.71. The first-order chi connectivity index (χ1) is 13.0. The molecule has 0 saturated carbocycles. The Morgan fingerprint density at radius 1 is 1.19 bits per heavy atom. The third-order valence-electron chi connectivity index (χ3n) is 4.69. The van der Waals surface area contributed by atoms with Gasteiger partial charge >= 0.3 is 0 Å². The molecular weight excluding hydrogens is 386 g/mol. The van der Waals surface area contributed by atoms with Gasteiger partial charge in [-0.15, -0.1) is 0 Å². The fourth-order valence-corrected chi connectivity index (χ4v) is 4.70. The standard InChI is InChI=1S/C19H18ClN3O3S/c1-2-13-6-8-17(9-7-13)27(24,25)23-11-15(12-23)19-21-18(22-26-19)14-4-3-5-16(20)10-14/h3-10,15H,2,11-12H2,1H3. The lowest BCUT2D eigenvalue weighted by Crippen LogP contribution is -2.48. The third kappa shape index (κ3) is 3.50. The number of hydrogen-bond acceptors (Lipinski definition) is 5. The van der Waals surface area contributed by atoms with E-state index < -0.39 is 10.0 Å². The molecule has 1 fully saturated rings. The highest BCUT2D eigenvalue weighted by atomic mass is 35.5. The number of sulfonamides is 1. The van der Waals surface area contributed by atoms with E-state index in [-0.39, 0.29) is 5.92 Å². The van der Waals surface area contributed by atoms with Crippen molar-refractivity contribution >= 4 is 21.6 Å². The van der Waals surface area contributed by atoms with Crippen LogP contribution in [0.3, 0.4) is 0 Å². The molecule has 0 bridgehead atoms. The second-order valence-corrected chi connectivity index (χ2v) is 8.86. The van der Waals surface area contributed by atoms with E-state index in [1.807, 2.05) is 31.2 Å². The second kappa shape index (κ2) is 7.07. The molecule has 0 aliphatic carbocycles. The Kier molecular flexibility index (Phi) is 4.75. The van der Waals surface area contributed by atoms with Crippen molar-refractivity contribution in [2.45, 2.75) is 24.2 Å². The number of aryl methyl sites for hydroxylation is 1. The van der Waals surface area contributed by atoms with Gasteiger partial charge in [-0.3, -0.25) is 0 Å². The second-order valence-electron chi connectivity index (χ2n) is 6.48. The fourth-order valence-electron chi connectivity index (χ4n) is 2.98. The average molecular weight is 404 g/mol. The van der Waals surface area contributed by atoms with Crippen molar-refractivity contribution in [2.24, 2.45) is 0 Å². The maximum absolute atomic E-state index is 12.7. The zero-order valence-electron chi connectivity index (χ0n) is 14.7. The molecule has 0 amide bonds. The van der Waals surface area contributed by atoms with Crippen molar-refractivity contribution in [3.63, 3.8) is 0 Å². The molecule has 1 aromatic heterocycles. The largest absolute Gasteiger partial charge is 0.339 e. The first-order valence-corrected chi connectivity index (χ1v) is 10.5. The highest BCUT2D eigenvalue weighted by Crippen LogP contribution is 2.32. The van der Waals surface area contributed by atoms with Crippen LogP contribution in [0, 0.1) is 0 Å². The van der Waals surface area contributed by atoms with Crippen molar-refractivity contribution in [3.8, 4) is 11.4 Å². The quantitative estimate of drug-likeness (QED) is 0.648. The average Bonchev–Trinajstić information content (AvgIpc) is 3.10. The first kappa shape index (κ1) is 18.2. The minimum absolute atomic E-state index is 0.102. The van der Waals surface area contributed by atoms with Gasteiger partial charge in [0.2, 0.25) is 21.7 Å². The predicted molar refractivity (Wildman–Crippen MR) is 102 cm³/mol. The minimum Gasteiger partial charge on any atom is -0.339 e. The lowest BCUT2D eigenvalue weighted by atomic mass is 10.0. The van der Waals surface area contributed by atoms with E-state index >= 15 is 0 Å². The number of hydrogen-bond donors (Lipinski definition) is 0. The maximum Gasteiger partial charge on any atom is 0.243 e. The number of halogens is 1. The molecule has 8 heteroatoms. The Balaban J connectivity index is 1.46. The van der Waals surface area contributed by atoms with Gasteiger partial charge in [0, 0.05) is 23.7 Å². The Labute approximate surface area is 162 Å². The van der Waals surface area contributed by atoms with E-state index in [1.165, 1.54) is 4.31 Å². The third-order valence-corrected chi connectivity index (χ3v) is 6.77. The van der Waals surface area contributed by atoms with Crippen LogP contribution in [-0.4, -0.2) is 36.0 Å². The van der Waals surface area contributed by atoms with E-state index in [4.69, 9.17) is 16.1 Å². The Bertz CT molecular complexity index is 1060. The summed E-state index contributed by atoms with van der Waals surface area (Å²) in [6.07, 6.45) is 0.873. The van der Waals surface area contributed by atoms with Gasteiger partial charge in [-0.05, 0) is 36.2 Å². The van der Waals surface area contributed by atoms with Crippen molar-refractivity contribution < 1.29 is 12.9 Å². The smallest absolute Gasteiger partial charge is 0.243 e. The molecular formula is C19H18ClN3O3S. The summed E-state index contributed by atoms with van der Waals surface area (Å²) in [7, 11) is -3.49.